The van der Waals surface area contributed by atoms with E-state index in [0.29, 0.717) is 24.5 Å². The van der Waals surface area contributed by atoms with Gasteiger partial charge < -0.3 is 4.74 Å². The summed E-state index contributed by atoms with van der Waals surface area (Å²) in [6, 6.07) is 9.15. The first-order valence-electron chi connectivity index (χ1n) is 5.85. The van der Waals surface area contributed by atoms with E-state index < -0.39 is 5.41 Å². The molecule has 0 N–H and O–H groups in total. The summed E-state index contributed by atoms with van der Waals surface area (Å²) in [6.07, 6.45) is 0.738. The van der Waals surface area contributed by atoms with Crippen LogP contribution in [0.25, 0.3) is 0 Å². The fourth-order valence-corrected chi connectivity index (χ4v) is 1.90. The molecule has 96 valence electrons. The van der Waals surface area contributed by atoms with Crippen LogP contribution in [-0.2, 0) is 14.9 Å². The second kappa shape index (κ2) is 6.42. The van der Waals surface area contributed by atoms with Crippen LogP contribution in [-0.4, -0.2) is 12.6 Å². The molecule has 0 heterocycles. The zero-order valence-corrected chi connectivity index (χ0v) is 11.3. The molecule has 1 atom stereocenters. The standard InChI is InChI=1S/C14H16ClNO2/c1-3-18-13(17)14(2,9-4-10-16)11-5-7-12(15)8-6-11/h5-8H,3-4,9H2,1-2H3. The highest BCUT2D eigenvalue weighted by atomic mass is 35.5. The lowest BCUT2D eigenvalue weighted by Crippen LogP contribution is -2.34. The van der Waals surface area contributed by atoms with Gasteiger partial charge in [0.15, 0.2) is 0 Å². The Balaban J connectivity index is 3.07. The van der Waals surface area contributed by atoms with Crippen molar-refractivity contribution in [3.05, 3.63) is 34.9 Å². The summed E-state index contributed by atoms with van der Waals surface area (Å²) in [4.78, 5) is 12.1. The van der Waals surface area contributed by atoms with E-state index in [9.17, 15) is 4.79 Å². The molecule has 0 aliphatic rings. The number of carbonyl (C=O) groups is 1. The van der Waals surface area contributed by atoms with Gasteiger partial charge in [0, 0.05) is 11.4 Å². The summed E-state index contributed by atoms with van der Waals surface area (Å²) < 4.78 is 5.11. The maximum Gasteiger partial charge on any atom is 0.316 e. The molecule has 18 heavy (non-hydrogen) atoms. The number of nitrogens with zero attached hydrogens (tertiary/aromatic N) is 1. The van der Waals surface area contributed by atoms with Crippen LogP contribution in [0.15, 0.2) is 24.3 Å². The first-order chi connectivity index (χ1) is 8.54. The van der Waals surface area contributed by atoms with E-state index >= 15 is 0 Å². The highest BCUT2D eigenvalue weighted by Crippen LogP contribution is 2.31. The van der Waals surface area contributed by atoms with Crippen molar-refractivity contribution >= 4 is 17.6 Å². The van der Waals surface area contributed by atoms with Crippen molar-refractivity contribution in [2.45, 2.75) is 32.1 Å². The Morgan fingerprint density at radius 2 is 2.06 bits per heavy atom. The predicted octanol–water partition coefficient (Wildman–Crippen LogP) is 3.46. The molecule has 1 unspecified atom stereocenters. The number of hydrogen-bond donors (Lipinski definition) is 0. The van der Waals surface area contributed by atoms with Gasteiger partial charge in [0.2, 0.25) is 0 Å². The van der Waals surface area contributed by atoms with Crippen LogP contribution in [0.2, 0.25) is 5.02 Å². The van der Waals surface area contributed by atoms with Gasteiger partial charge in [0.1, 0.15) is 0 Å². The van der Waals surface area contributed by atoms with Gasteiger partial charge in [0.25, 0.3) is 0 Å². The number of esters is 1. The molecule has 0 spiro atoms. The number of ether oxygens (including phenoxy) is 1. The van der Waals surface area contributed by atoms with Gasteiger partial charge in [0.05, 0.1) is 18.1 Å². The van der Waals surface area contributed by atoms with Gasteiger partial charge in [-0.05, 0) is 38.0 Å². The molecule has 0 amide bonds. The summed E-state index contributed by atoms with van der Waals surface area (Å²) in [5.41, 5.74) is 0.0247. The van der Waals surface area contributed by atoms with Crippen molar-refractivity contribution in [1.29, 1.82) is 5.26 Å². The molecule has 0 radical (unpaired) electrons. The lowest BCUT2D eigenvalue weighted by atomic mass is 9.78. The van der Waals surface area contributed by atoms with Gasteiger partial charge in [-0.15, -0.1) is 0 Å². The van der Waals surface area contributed by atoms with Crippen LogP contribution in [0.4, 0.5) is 0 Å². The van der Waals surface area contributed by atoms with E-state index in [0.717, 1.165) is 5.56 Å². The largest absolute Gasteiger partial charge is 0.465 e. The molecule has 0 aliphatic heterocycles. The second-order valence-electron chi connectivity index (χ2n) is 4.22. The first-order valence-corrected chi connectivity index (χ1v) is 6.22. The molecule has 0 saturated carbocycles. The summed E-state index contributed by atoms with van der Waals surface area (Å²) in [7, 11) is 0. The maximum atomic E-state index is 12.1. The molecule has 0 fully saturated rings. The number of nitriles is 1. The van der Waals surface area contributed by atoms with Gasteiger partial charge in [-0.2, -0.15) is 5.26 Å². The Labute approximate surface area is 112 Å². The normalized spacial score (nSPS) is 13.4. The van der Waals surface area contributed by atoms with E-state index in [1.807, 2.05) is 0 Å². The summed E-state index contributed by atoms with van der Waals surface area (Å²) in [5.74, 6) is -0.303. The number of carbonyl (C=O) groups excluding carboxylic acids is 1. The minimum Gasteiger partial charge on any atom is -0.465 e. The highest BCUT2D eigenvalue weighted by Gasteiger charge is 2.36. The third-order valence-corrected chi connectivity index (χ3v) is 3.20. The van der Waals surface area contributed by atoms with Crippen molar-refractivity contribution in [2.75, 3.05) is 6.61 Å². The Kier molecular flexibility index (Phi) is 5.18. The van der Waals surface area contributed by atoms with Gasteiger partial charge in [-0.3, -0.25) is 4.79 Å². The topological polar surface area (TPSA) is 50.1 Å². The lowest BCUT2D eigenvalue weighted by Gasteiger charge is -2.26. The third-order valence-electron chi connectivity index (χ3n) is 2.94. The van der Waals surface area contributed by atoms with Crippen molar-refractivity contribution in [1.82, 2.24) is 0 Å². The quantitative estimate of drug-likeness (QED) is 0.766. The van der Waals surface area contributed by atoms with E-state index in [1.54, 1.807) is 38.1 Å². The monoisotopic (exact) mass is 265 g/mol. The van der Waals surface area contributed by atoms with Crippen LogP contribution in [0, 0.1) is 11.3 Å². The molecule has 3 nitrogen and oxygen atoms in total. The second-order valence-corrected chi connectivity index (χ2v) is 4.65. The summed E-state index contributed by atoms with van der Waals surface area (Å²) in [5, 5.41) is 9.33. The first kappa shape index (κ1) is 14.5. The van der Waals surface area contributed by atoms with Crippen molar-refractivity contribution in [3.63, 3.8) is 0 Å². The molecule has 0 aliphatic carbocycles. The molecule has 1 rings (SSSR count). The fraction of sp³-hybridized carbons (Fsp3) is 0.429. The minimum absolute atomic E-state index is 0.303. The van der Waals surface area contributed by atoms with Crippen LogP contribution in [0.1, 0.15) is 32.3 Å². The Morgan fingerprint density at radius 3 is 2.56 bits per heavy atom. The summed E-state index contributed by atoms with van der Waals surface area (Å²) >= 11 is 5.84. The average Bonchev–Trinajstić information content (AvgIpc) is 2.37. The van der Waals surface area contributed by atoms with Gasteiger partial charge in [-0.1, -0.05) is 23.7 Å². The zero-order valence-electron chi connectivity index (χ0n) is 10.6. The molecular formula is C14H16ClNO2. The molecule has 0 saturated heterocycles. The van der Waals surface area contributed by atoms with Crippen molar-refractivity contribution in [3.8, 4) is 6.07 Å². The molecular weight excluding hydrogens is 250 g/mol. The van der Waals surface area contributed by atoms with E-state index in [4.69, 9.17) is 21.6 Å². The predicted molar refractivity (Wildman–Crippen MR) is 70.3 cm³/mol. The third kappa shape index (κ3) is 3.24. The number of halogens is 1. The van der Waals surface area contributed by atoms with Crippen LogP contribution in [0.3, 0.4) is 0 Å². The van der Waals surface area contributed by atoms with Crippen LogP contribution >= 0.6 is 11.6 Å². The lowest BCUT2D eigenvalue weighted by molar-refractivity contribution is -0.149. The average molecular weight is 266 g/mol. The maximum absolute atomic E-state index is 12.1. The molecule has 1 aromatic rings. The van der Waals surface area contributed by atoms with Crippen LogP contribution in [0.5, 0.6) is 0 Å². The van der Waals surface area contributed by atoms with E-state index in [2.05, 4.69) is 6.07 Å². The van der Waals surface area contributed by atoms with Crippen molar-refractivity contribution < 1.29 is 9.53 Å². The molecule has 4 heteroatoms. The Morgan fingerprint density at radius 1 is 1.44 bits per heavy atom. The van der Waals surface area contributed by atoms with Crippen molar-refractivity contribution in [2.24, 2.45) is 0 Å². The van der Waals surface area contributed by atoms with Gasteiger partial charge >= 0.3 is 5.97 Å². The Bertz CT molecular complexity index is 450. The zero-order chi connectivity index (χ0) is 13.6. The Hall–Kier alpha value is -1.53. The van der Waals surface area contributed by atoms with Crippen LogP contribution < -0.4 is 0 Å². The number of benzene rings is 1. The molecule has 0 aromatic heterocycles. The molecule has 0 bridgehead atoms. The van der Waals surface area contributed by atoms with Gasteiger partial charge in [-0.25, -0.2) is 0 Å². The van der Waals surface area contributed by atoms with E-state index in [-0.39, 0.29) is 5.97 Å². The minimum atomic E-state index is -0.795. The molecule has 1 aromatic carbocycles. The smallest absolute Gasteiger partial charge is 0.316 e. The SMILES string of the molecule is CCOC(=O)C(C)(CCC#N)c1ccc(Cl)cc1. The highest BCUT2D eigenvalue weighted by molar-refractivity contribution is 6.30. The fourth-order valence-electron chi connectivity index (χ4n) is 1.78. The summed E-state index contributed by atoms with van der Waals surface area (Å²) in [6.45, 7) is 3.89. The van der Waals surface area contributed by atoms with E-state index in [1.165, 1.54) is 0 Å². The number of hydrogen-bond acceptors (Lipinski definition) is 3. The number of rotatable bonds is 5.